The molecule has 2 aromatic heterocycles. The van der Waals surface area contributed by atoms with Crippen molar-refractivity contribution in [1.82, 2.24) is 4.98 Å². The molecule has 3 N–H and O–H groups in total. The van der Waals surface area contributed by atoms with Gasteiger partial charge in [0.05, 0.1) is 16.0 Å². The molecule has 96 valence electrons. The van der Waals surface area contributed by atoms with Gasteiger partial charge in [0.15, 0.2) is 0 Å². The molecule has 2 atom stereocenters. The van der Waals surface area contributed by atoms with Crippen molar-refractivity contribution in [3.05, 3.63) is 50.9 Å². The summed E-state index contributed by atoms with van der Waals surface area (Å²) >= 11 is 7.66. The molecule has 0 bridgehead atoms. The maximum atomic E-state index is 10.5. The first kappa shape index (κ1) is 13.5. The molecule has 5 heteroatoms. The van der Waals surface area contributed by atoms with E-state index in [9.17, 15) is 5.11 Å². The number of nitrogens with two attached hydrogens (primary N) is 1. The number of rotatable bonds is 4. The van der Waals surface area contributed by atoms with Crippen LogP contribution in [0.1, 0.15) is 28.0 Å². The summed E-state index contributed by atoms with van der Waals surface area (Å²) in [6, 6.07) is 3.74. The monoisotopic (exact) mass is 282 g/mol. The third-order valence-corrected chi connectivity index (χ3v) is 4.75. The fraction of sp³-hybridized carbons (Fsp3) is 0.308. The lowest BCUT2D eigenvalue weighted by atomic mass is 9.93. The van der Waals surface area contributed by atoms with Gasteiger partial charge in [0.25, 0.3) is 0 Å². The maximum absolute atomic E-state index is 10.5. The number of aliphatic hydroxyl groups is 1. The van der Waals surface area contributed by atoms with Crippen LogP contribution in [0.3, 0.4) is 0 Å². The predicted octanol–water partition coefficient (Wildman–Crippen LogP) is 2.88. The van der Waals surface area contributed by atoms with Gasteiger partial charge in [-0.25, -0.2) is 0 Å². The van der Waals surface area contributed by atoms with Crippen molar-refractivity contribution in [1.29, 1.82) is 0 Å². The van der Waals surface area contributed by atoms with Crippen LogP contribution < -0.4 is 5.73 Å². The van der Waals surface area contributed by atoms with Crippen LogP contribution >= 0.6 is 22.9 Å². The summed E-state index contributed by atoms with van der Waals surface area (Å²) in [6.07, 6.45) is 2.72. The number of aryl methyl sites for hydroxylation is 1. The van der Waals surface area contributed by atoms with Gasteiger partial charge in [0.1, 0.15) is 0 Å². The van der Waals surface area contributed by atoms with Crippen molar-refractivity contribution in [3.63, 3.8) is 0 Å². The summed E-state index contributed by atoms with van der Waals surface area (Å²) in [6.45, 7) is 2.29. The minimum absolute atomic E-state index is 0.163. The first-order valence-corrected chi connectivity index (χ1v) is 6.92. The molecule has 0 aliphatic rings. The third-order valence-electron chi connectivity index (χ3n) is 2.96. The Hall–Kier alpha value is -0.940. The zero-order valence-corrected chi connectivity index (χ0v) is 11.6. The SMILES string of the molecule is Cc1csc(C(O)C(CN)c2ccncc2)c1Cl. The normalized spacial score (nSPS) is 14.4. The second kappa shape index (κ2) is 5.80. The van der Waals surface area contributed by atoms with E-state index in [1.807, 2.05) is 24.4 Å². The quantitative estimate of drug-likeness (QED) is 0.906. The summed E-state index contributed by atoms with van der Waals surface area (Å²) in [5, 5.41) is 13.0. The lowest BCUT2D eigenvalue weighted by molar-refractivity contribution is 0.151. The summed E-state index contributed by atoms with van der Waals surface area (Å²) in [5.74, 6) is -0.163. The van der Waals surface area contributed by atoms with E-state index in [2.05, 4.69) is 4.98 Å². The number of thiophene rings is 1. The molecule has 0 aromatic carbocycles. The number of pyridine rings is 1. The first-order chi connectivity index (χ1) is 8.65. The van der Waals surface area contributed by atoms with Gasteiger partial charge in [0.2, 0.25) is 0 Å². The Morgan fingerprint density at radius 3 is 2.61 bits per heavy atom. The van der Waals surface area contributed by atoms with Crippen LogP contribution in [0.15, 0.2) is 29.9 Å². The van der Waals surface area contributed by atoms with Gasteiger partial charge in [-0.05, 0) is 35.6 Å². The minimum atomic E-state index is -0.677. The number of hydrogen-bond donors (Lipinski definition) is 2. The van der Waals surface area contributed by atoms with Crippen LogP contribution in [-0.4, -0.2) is 16.6 Å². The standard InChI is InChI=1S/C13H15ClN2OS/c1-8-7-18-13(11(8)14)12(17)10(6-15)9-2-4-16-5-3-9/h2-5,7,10,12,17H,6,15H2,1H3. The summed E-state index contributed by atoms with van der Waals surface area (Å²) in [4.78, 5) is 4.75. The van der Waals surface area contributed by atoms with Gasteiger partial charge in [0, 0.05) is 24.9 Å². The molecule has 0 amide bonds. The first-order valence-electron chi connectivity index (χ1n) is 5.66. The van der Waals surface area contributed by atoms with E-state index in [1.165, 1.54) is 11.3 Å². The Kier molecular flexibility index (Phi) is 4.35. The number of hydrogen-bond acceptors (Lipinski definition) is 4. The molecule has 0 aliphatic carbocycles. The molecule has 0 spiro atoms. The number of aromatic nitrogens is 1. The molecular weight excluding hydrogens is 268 g/mol. The molecule has 0 saturated carbocycles. The van der Waals surface area contributed by atoms with Crippen molar-refractivity contribution in [2.24, 2.45) is 5.73 Å². The predicted molar refractivity (Wildman–Crippen MR) is 75.1 cm³/mol. The highest BCUT2D eigenvalue weighted by Crippen LogP contribution is 2.38. The topological polar surface area (TPSA) is 59.1 Å². The van der Waals surface area contributed by atoms with E-state index in [0.717, 1.165) is 16.0 Å². The van der Waals surface area contributed by atoms with Crippen molar-refractivity contribution < 1.29 is 5.11 Å². The lowest BCUT2D eigenvalue weighted by Crippen LogP contribution is -2.19. The van der Waals surface area contributed by atoms with E-state index in [4.69, 9.17) is 17.3 Å². The lowest BCUT2D eigenvalue weighted by Gasteiger charge is -2.21. The molecule has 2 unspecified atom stereocenters. The average molecular weight is 283 g/mol. The van der Waals surface area contributed by atoms with Gasteiger partial charge in [-0.15, -0.1) is 11.3 Å². The molecule has 2 aromatic rings. The highest BCUT2D eigenvalue weighted by Gasteiger charge is 2.25. The fourth-order valence-electron chi connectivity index (χ4n) is 1.89. The minimum Gasteiger partial charge on any atom is -0.387 e. The molecular formula is C13H15ClN2OS. The number of halogens is 1. The van der Waals surface area contributed by atoms with Crippen LogP contribution in [0.5, 0.6) is 0 Å². The Balaban J connectivity index is 2.31. The van der Waals surface area contributed by atoms with E-state index in [1.54, 1.807) is 12.4 Å². The van der Waals surface area contributed by atoms with Gasteiger partial charge >= 0.3 is 0 Å². The number of nitrogens with zero attached hydrogens (tertiary/aromatic N) is 1. The smallest absolute Gasteiger partial charge is 0.0977 e. The molecule has 3 nitrogen and oxygen atoms in total. The molecule has 18 heavy (non-hydrogen) atoms. The van der Waals surface area contributed by atoms with Crippen molar-refractivity contribution >= 4 is 22.9 Å². The van der Waals surface area contributed by atoms with Crippen molar-refractivity contribution in [2.45, 2.75) is 18.9 Å². The second-order valence-electron chi connectivity index (χ2n) is 4.16. The van der Waals surface area contributed by atoms with Gasteiger partial charge < -0.3 is 10.8 Å². The van der Waals surface area contributed by atoms with Gasteiger partial charge in [-0.2, -0.15) is 0 Å². The van der Waals surface area contributed by atoms with Crippen molar-refractivity contribution in [2.75, 3.05) is 6.54 Å². The maximum Gasteiger partial charge on any atom is 0.0977 e. The Bertz CT molecular complexity index is 515. The van der Waals surface area contributed by atoms with Crippen molar-refractivity contribution in [3.8, 4) is 0 Å². The van der Waals surface area contributed by atoms with Crippen LogP contribution in [0, 0.1) is 6.92 Å². The van der Waals surface area contributed by atoms with E-state index in [-0.39, 0.29) is 5.92 Å². The summed E-state index contributed by atoms with van der Waals surface area (Å²) in [7, 11) is 0. The van der Waals surface area contributed by atoms with E-state index >= 15 is 0 Å². The third kappa shape index (κ3) is 2.57. The van der Waals surface area contributed by atoms with Crippen LogP contribution in [0.2, 0.25) is 5.02 Å². The Labute approximate surface area is 115 Å². The second-order valence-corrected chi connectivity index (χ2v) is 5.45. The average Bonchev–Trinajstić information content (AvgIpc) is 2.72. The summed E-state index contributed by atoms with van der Waals surface area (Å²) < 4.78 is 0. The van der Waals surface area contributed by atoms with E-state index < -0.39 is 6.10 Å². The van der Waals surface area contributed by atoms with Gasteiger partial charge in [-0.1, -0.05) is 11.6 Å². The Morgan fingerprint density at radius 2 is 2.11 bits per heavy atom. The molecule has 0 aliphatic heterocycles. The highest BCUT2D eigenvalue weighted by atomic mass is 35.5. The number of aliphatic hydroxyl groups excluding tert-OH is 1. The Morgan fingerprint density at radius 1 is 1.44 bits per heavy atom. The summed E-state index contributed by atoms with van der Waals surface area (Å²) in [5.41, 5.74) is 7.74. The fourth-order valence-corrected chi connectivity index (χ4v) is 3.24. The molecule has 2 heterocycles. The van der Waals surface area contributed by atoms with Crippen LogP contribution in [0.4, 0.5) is 0 Å². The largest absolute Gasteiger partial charge is 0.387 e. The molecule has 0 saturated heterocycles. The van der Waals surface area contributed by atoms with E-state index in [0.29, 0.717) is 11.6 Å². The zero-order chi connectivity index (χ0) is 13.1. The van der Waals surface area contributed by atoms with Crippen LogP contribution in [0.25, 0.3) is 0 Å². The van der Waals surface area contributed by atoms with Gasteiger partial charge in [-0.3, -0.25) is 4.98 Å². The molecule has 0 radical (unpaired) electrons. The molecule has 2 rings (SSSR count). The highest BCUT2D eigenvalue weighted by molar-refractivity contribution is 7.10. The van der Waals surface area contributed by atoms with Crippen LogP contribution in [-0.2, 0) is 0 Å². The molecule has 0 fully saturated rings. The zero-order valence-electron chi connectivity index (χ0n) is 10.0.